The Hall–Kier alpha value is -2.82. The number of aromatic nitrogens is 2. The van der Waals surface area contributed by atoms with Gasteiger partial charge < -0.3 is 10.6 Å². The minimum atomic E-state index is -0.00316. The molecule has 104 valence electrons. The maximum absolute atomic E-state index is 11.8. The summed E-state index contributed by atoms with van der Waals surface area (Å²) in [7, 11) is 1.89. The Balaban J connectivity index is 1.97. The van der Waals surface area contributed by atoms with E-state index < -0.39 is 0 Å². The van der Waals surface area contributed by atoms with Crippen molar-refractivity contribution >= 4 is 17.2 Å². The number of hydrogen-bond donors (Lipinski definition) is 2. The predicted molar refractivity (Wildman–Crippen MR) is 81.3 cm³/mol. The SMILES string of the molecule is CNc1ccc2ncc(-c3cccc4c3CNC4=O)n2c1. The van der Waals surface area contributed by atoms with Crippen LogP contribution in [0.25, 0.3) is 16.9 Å². The lowest BCUT2D eigenvalue weighted by atomic mass is 10.0. The summed E-state index contributed by atoms with van der Waals surface area (Å²) < 4.78 is 2.05. The van der Waals surface area contributed by atoms with Gasteiger partial charge in [-0.05, 0) is 23.8 Å². The monoisotopic (exact) mass is 278 g/mol. The molecule has 1 aliphatic rings. The van der Waals surface area contributed by atoms with Gasteiger partial charge in [-0.2, -0.15) is 0 Å². The molecule has 0 aliphatic carbocycles. The molecule has 4 rings (SSSR count). The van der Waals surface area contributed by atoms with Crippen LogP contribution in [0.5, 0.6) is 0 Å². The average molecular weight is 278 g/mol. The maximum atomic E-state index is 11.8. The van der Waals surface area contributed by atoms with Crippen molar-refractivity contribution in [2.45, 2.75) is 6.54 Å². The Morgan fingerprint density at radius 2 is 2.10 bits per heavy atom. The van der Waals surface area contributed by atoms with E-state index in [2.05, 4.69) is 15.6 Å². The van der Waals surface area contributed by atoms with E-state index in [0.29, 0.717) is 6.54 Å². The summed E-state index contributed by atoms with van der Waals surface area (Å²) in [6.07, 6.45) is 3.87. The normalized spacial score (nSPS) is 13.3. The van der Waals surface area contributed by atoms with Crippen LogP contribution in [0.15, 0.2) is 42.7 Å². The Morgan fingerprint density at radius 1 is 1.24 bits per heavy atom. The first kappa shape index (κ1) is 12.0. The minimum Gasteiger partial charge on any atom is -0.387 e. The first-order chi connectivity index (χ1) is 10.3. The lowest BCUT2D eigenvalue weighted by molar-refractivity contribution is 0.0966. The summed E-state index contributed by atoms with van der Waals surface area (Å²) in [4.78, 5) is 16.3. The first-order valence-electron chi connectivity index (χ1n) is 6.83. The second-order valence-electron chi connectivity index (χ2n) is 5.05. The number of nitrogens with one attached hydrogen (secondary N) is 2. The van der Waals surface area contributed by atoms with E-state index in [0.717, 1.165) is 33.7 Å². The first-order valence-corrected chi connectivity index (χ1v) is 6.83. The maximum Gasteiger partial charge on any atom is 0.251 e. The number of nitrogens with zero attached hydrogens (tertiary/aromatic N) is 2. The number of pyridine rings is 1. The molecule has 5 nitrogen and oxygen atoms in total. The summed E-state index contributed by atoms with van der Waals surface area (Å²) in [5, 5.41) is 6.01. The molecule has 3 aromatic rings. The lowest BCUT2D eigenvalue weighted by Gasteiger charge is -2.08. The molecule has 0 saturated carbocycles. The summed E-state index contributed by atoms with van der Waals surface area (Å²) in [6, 6.07) is 9.78. The molecule has 1 aromatic carbocycles. The smallest absolute Gasteiger partial charge is 0.251 e. The van der Waals surface area contributed by atoms with E-state index in [1.54, 1.807) is 0 Å². The summed E-state index contributed by atoms with van der Waals surface area (Å²) in [5.41, 5.74) is 5.75. The molecule has 3 heterocycles. The summed E-state index contributed by atoms with van der Waals surface area (Å²) >= 11 is 0. The van der Waals surface area contributed by atoms with E-state index >= 15 is 0 Å². The quantitative estimate of drug-likeness (QED) is 0.756. The average Bonchev–Trinajstić information content (AvgIpc) is 3.10. The zero-order valence-electron chi connectivity index (χ0n) is 11.6. The van der Waals surface area contributed by atoms with Gasteiger partial charge in [0.15, 0.2) is 0 Å². The van der Waals surface area contributed by atoms with Crippen molar-refractivity contribution in [1.29, 1.82) is 0 Å². The second kappa shape index (κ2) is 4.34. The third-order valence-corrected chi connectivity index (χ3v) is 3.92. The Morgan fingerprint density at radius 3 is 2.95 bits per heavy atom. The number of hydrogen-bond acceptors (Lipinski definition) is 3. The molecule has 0 unspecified atom stereocenters. The largest absolute Gasteiger partial charge is 0.387 e. The van der Waals surface area contributed by atoms with Crippen molar-refractivity contribution in [1.82, 2.24) is 14.7 Å². The highest BCUT2D eigenvalue weighted by atomic mass is 16.1. The van der Waals surface area contributed by atoms with Gasteiger partial charge in [-0.25, -0.2) is 4.98 Å². The molecule has 0 saturated heterocycles. The topological polar surface area (TPSA) is 58.4 Å². The number of fused-ring (bicyclic) bond motifs is 2. The molecule has 1 amide bonds. The van der Waals surface area contributed by atoms with Crippen LogP contribution < -0.4 is 10.6 Å². The van der Waals surface area contributed by atoms with Gasteiger partial charge >= 0.3 is 0 Å². The van der Waals surface area contributed by atoms with Gasteiger partial charge in [0, 0.05) is 30.9 Å². The fourth-order valence-corrected chi connectivity index (χ4v) is 2.82. The lowest BCUT2D eigenvalue weighted by Crippen LogP contribution is -2.12. The third kappa shape index (κ3) is 1.71. The number of amides is 1. The third-order valence-electron chi connectivity index (χ3n) is 3.92. The Bertz CT molecular complexity index is 866. The van der Waals surface area contributed by atoms with Gasteiger partial charge in [-0.3, -0.25) is 9.20 Å². The molecule has 2 aromatic heterocycles. The molecule has 21 heavy (non-hydrogen) atoms. The van der Waals surface area contributed by atoms with E-state index in [1.807, 2.05) is 54.2 Å². The molecular weight excluding hydrogens is 264 g/mol. The van der Waals surface area contributed by atoms with Crippen molar-refractivity contribution < 1.29 is 4.79 Å². The zero-order chi connectivity index (χ0) is 14.4. The molecule has 5 heteroatoms. The predicted octanol–water partition coefficient (Wildman–Crippen LogP) is 2.29. The highest BCUT2D eigenvalue weighted by Crippen LogP contribution is 2.30. The number of rotatable bonds is 2. The highest BCUT2D eigenvalue weighted by molar-refractivity contribution is 6.00. The number of anilines is 1. The number of imidazole rings is 1. The summed E-state index contributed by atoms with van der Waals surface area (Å²) in [5.74, 6) is -0.00316. The number of benzene rings is 1. The fraction of sp³-hybridized carbons (Fsp3) is 0.125. The van der Waals surface area contributed by atoms with Gasteiger partial charge in [0.25, 0.3) is 5.91 Å². The zero-order valence-corrected chi connectivity index (χ0v) is 11.6. The fourth-order valence-electron chi connectivity index (χ4n) is 2.82. The molecule has 1 aliphatic heterocycles. The van der Waals surface area contributed by atoms with Crippen LogP contribution in [-0.2, 0) is 6.54 Å². The van der Waals surface area contributed by atoms with E-state index in [4.69, 9.17) is 0 Å². The van der Waals surface area contributed by atoms with Crippen molar-refractivity contribution in [3.05, 3.63) is 53.9 Å². The molecule has 0 spiro atoms. The van der Waals surface area contributed by atoms with Gasteiger partial charge in [-0.15, -0.1) is 0 Å². The highest BCUT2D eigenvalue weighted by Gasteiger charge is 2.23. The molecule has 0 fully saturated rings. The van der Waals surface area contributed by atoms with Crippen LogP contribution in [0, 0.1) is 0 Å². The van der Waals surface area contributed by atoms with E-state index in [-0.39, 0.29) is 5.91 Å². The van der Waals surface area contributed by atoms with E-state index in [1.165, 1.54) is 0 Å². The molecule has 0 bridgehead atoms. The number of carbonyl (C=O) groups excluding carboxylic acids is 1. The van der Waals surface area contributed by atoms with Crippen molar-refractivity contribution in [2.24, 2.45) is 0 Å². The van der Waals surface area contributed by atoms with Gasteiger partial charge in [0.2, 0.25) is 0 Å². The van der Waals surface area contributed by atoms with Crippen LogP contribution in [0.4, 0.5) is 5.69 Å². The Kier molecular flexibility index (Phi) is 2.47. The van der Waals surface area contributed by atoms with Crippen molar-refractivity contribution in [3.8, 4) is 11.3 Å². The second-order valence-corrected chi connectivity index (χ2v) is 5.05. The van der Waals surface area contributed by atoms with Crippen LogP contribution in [-0.4, -0.2) is 22.3 Å². The Labute approximate surface area is 121 Å². The van der Waals surface area contributed by atoms with Crippen LogP contribution in [0.3, 0.4) is 0 Å². The molecule has 0 radical (unpaired) electrons. The summed E-state index contributed by atoms with van der Waals surface area (Å²) in [6.45, 7) is 0.573. The van der Waals surface area contributed by atoms with Gasteiger partial charge in [0.05, 0.1) is 17.6 Å². The van der Waals surface area contributed by atoms with Crippen LogP contribution in [0.2, 0.25) is 0 Å². The van der Waals surface area contributed by atoms with Gasteiger partial charge in [-0.1, -0.05) is 12.1 Å². The van der Waals surface area contributed by atoms with Crippen molar-refractivity contribution in [2.75, 3.05) is 12.4 Å². The minimum absolute atomic E-state index is 0.00316. The van der Waals surface area contributed by atoms with Crippen LogP contribution in [0.1, 0.15) is 15.9 Å². The molecule has 2 N–H and O–H groups in total. The molecule has 0 atom stereocenters. The van der Waals surface area contributed by atoms with E-state index in [9.17, 15) is 4.79 Å². The van der Waals surface area contributed by atoms with Gasteiger partial charge in [0.1, 0.15) is 5.65 Å². The van der Waals surface area contributed by atoms with Crippen LogP contribution >= 0.6 is 0 Å². The van der Waals surface area contributed by atoms with Crippen molar-refractivity contribution in [3.63, 3.8) is 0 Å². The standard InChI is InChI=1S/C16H14N4O/c1-17-10-5-6-15-18-8-14(20(15)9-10)11-3-2-4-12-13(11)7-19-16(12)21/h2-6,8-9,17H,7H2,1H3,(H,19,21). The molecular formula is C16H14N4O. The number of carbonyl (C=O) groups is 1.